The zero-order valence-corrected chi connectivity index (χ0v) is 22.7. The van der Waals surface area contributed by atoms with E-state index in [9.17, 15) is 9.18 Å². The molecule has 0 spiro atoms. The van der Waals surface area contributed by atoms with Crippen LogP contribution < -0.4 is 15.1 Å². The quantitative estimate of drug-likeness (QED) is 0.566. The number of methoxy groups -OCH3 is 1. The van der Waals surface area contributed by atoms with Gasteiger partial charge in [0.05, 0.1) is 54.7 Å². The van der Waals surface area contributed by atoms with Crippen LogP contribution in [0.3, 0.4) is 0 Å². The lowest BCUT2D eigenvalue weighted by Gasteiger charge is -2.40. The summed E-state index contributed by atoms with van der Waals surface area (Å²) in [6.07, 6.45) is 5.48. The number of anilines is 4. The monoisotopic (exact) mass is 542 g/mol. The number of carbonyl (C=O) groups excluding carboxylic acids is 1. The number of piperidine rings is 1. The number of hydrogen-bond acceptors (Lipinski definition) is 7. The number of aromatic nitrogens is 1. The second-order valence-corrected chi connectivity index (χ2v) is 11.4. The van der Waals surface area contributed by atoms with Crippen molar-refractivity contribution in [2.45, 2.75) is 95.4 Å². The van der Waals surface area contributed by atoms with Gasteiger partial charge in [-0.15, -0.1) is 0 Å². The van der Waals surface area contributed by atoms with E-state index in [0.29, 0.717) is 47.9 Å². The van der Waals surface area contributed by atoms with Crippen LogP contribution in [0.5, 0.6) is 0 Å². The van der Waals surface area contributed by atoms with Gasteiger partial charge >= 0.3 is 0 Å². The largest absolute Gasteiger partial charge is 0.381 e. The number of carbonyl (C=O) groups is 1. The summed E-state index contributed by atoms with van der Waals surface area (Å²) in [4.78, 5) is 21.9. The molecule has 0 saturated carbocycles. The molecule has 0 radical (unpaired) electrons. The first-order chi connectivity index (χ1) is 18.8. The van der Waals surface area contributed by atoms with Crippen LogP contribution in [0.1, 0.15) is 57.9 Å². The third-order valence-electron chi connectivity index (χ3n) is 8.41. The molecule has 6 rings (SSSR count). The van der Waals surface area contributed by atoms with Crippen molar-refractivity contribution in [2.75, 3.05) is 28.8 Å². The molecular formula is C29H36F2N4O4. The summed E-state index contributed by atoms with van der Waals surface area (Å²) in [7, 11) is 1.73. The van der Waals surface area contributed by atoms with Crippen molar-refractivity contribution in [2.24, 2.45) is 0 Å². The van der Waals surface area contributed by atoms with Gasteiger partial charge in [-0.3, -0.25) is 4.79 Å². The third-order valence-corrected chi connectivity index (χ3v) is 8.41. The molecule has 4 aliphatic heterocycles. The number of nitrogens with one attached hydrogen (secondary N) is 1. The summed E-state index contributed by atoms with van der Waals surface area (Å²) in [5.74, 6) is -0.705. The van der Waals surface area contributed by atoms with Crippen LogP contribution in [0.4, 0.5) is 31.7 Å². The fourth-order valence-corrected chi connectivity index (χ4v) is 6.67. The van der Waals surface area contributed by atoms with Crippen LogP contribution in [-0.2, 0) is 25.5 Å². The van der Waals surface area contributed by atoms with Crippen LogP contribution in [-0.4, -0.2) is 61.1 Å². The minimum atomic E-state index is -0.671. The van der Waals surface area contributed by atoms with E-state index in [1.165, 1.54) is 12.1 Å². The highest BCUT2D eigenvalue weighted by molar-refractivity contribution is 6.01. The van der Waals surface area contributed by atoms with Crippen molar-refractivity contribution >= 4 is 28.8 Å². The second-order valence-electron chi connectivity index (χ2n) is 11.4. The molecule has 2 bridgehead atoms. The van der Waals surface area contributed by atoms with E-state index in [0.717, 1.165) is 31.9 Å². The number of hydrogen-bond donors (Lipinski definition) is 1. The average Bonchev–Trinajstić information content (AvgIpc) is 3.08. The number of benzene rings is 1. The number of amides is 1. The highest BCUT2D eigenvalue weighted by Gasteiger charge is 2.43. The second kappa shape index (κ2) is 10.6. The fraction of sp³-hybridized carbons (Fsp3) is 0.586. The number of fused-ring (bicyclic) bond motifs is 4. The lowest BCUT2D eigenvalue weighted by molar-refractivity contribution is -0.143. The van der Waals surface area contributed by atoms with Gasteiger partial charge in [0.15, 0.2) is 0 Å². The van der Waals surface area contributed by atoms with E-state index in [2.05, 4.69) is 15.2 Å². The molecule has 39 heavy (non-hydrogen) atoms. The summed E-state index contributed by atoms with van der Waals surface area (Å²) in [5, 5.41) is 3.16. The van der Waals surface area contributed by atoms with Gasteiger partial charge in [-0.2, -0.15) is 0 Å². The highest BCUT2D eigenvalue weighted by Crippen LogP contribution is 2.45. The molecule has 5 heterocycles. The Kier molecular flexibility index (Phi) is 7.20. The summed E-state index contributed by atoms with van der Waals surface area (Å²) in [6, 6.07) is 4.92. The Labute approximate surface area is 227 Å². The lowest BCUT2D eigenvalue weighted by atomic mass is 9.98. The standard InChI is InChI=1S/C29H36F2N4O4/c1-16(2)39-21-6-7-27(38-15-21)29(36)34-14-17-8-18(30)13-32-28(17)33-24-11-23(31)25(12-26(24)34)35-19-4-5-20(35)10-22(9-19)37-3/h8,11-13,16,19-22,27H,4-7,9-10,14-15H2,1-3H3,(H,32,33)/t19-,20+,21-,22?,27+/m0/s1. The molecule has 1 aromatic heterocycles. The predicted molar refractivity (Wildman–Crippen MR) is 143 cm³/mol. The summed E-state index contributed by atoms with van der Waals surface area (Å²) >= 11 is 0. The zero-order chi connectivity index (χ0) is 27.3. The van der Waals surface area contributed by atoms with Crippen molar-refractivity contribution in [1.82, 2.24) is 4.98 Å². The minimum Gasteiger partial charge on any atom is -0.381 e. The molecule has 210 valence electrons. The fourth-order valence-electron chi connectivity index (χ4n) is 6.67. The molecule has 1 aromatic carbocycles. The number of nitrogens with zero attached hydrogens (tertiary/aromatic N) is 3. The first-order valence-corrected chi connectivity index (χ1v) is 13.9. The van der Waals surface area contributed by atoms with Crippen LogP contribution in [0.2, 0.25) is 0 Å². The molecular weight excluding hydrogens is 506 g/mol. The molecule has 1 unspecified atom stereocenters. The van der Waals surface area contributed by atoms with Gasteiger partial charge in [0.25, 0.3) is 5.91 Å². The Hall–Kier alpha value is -2.82. The zero-order valence-electron chi connectivity index (χ0n) is 22.7. The predicted octanol–water partition coefficient (Wildman–Crippen LogP) is 5.07. The third kappa shape index (κ3) is 5.10. The van der Waals surface area contributed by atoms with Gasteiger partial charge in [0, 0.05) is 30.8 Å². The van der Waals surface area contributed by atoms with Crippen LogP contribution in [0.15, 0.2) is 24.4 Å². The lowest BCUT2D eigenvalue weighted by Crippen LogP contribution is -2.46. The van der Waals surface area contributed by atoms with Gasteiger partial charge in [-0.05, 0) is 64.5 Å². The van der Waals surface area contributed by atoms with Gasteiger partial charge < -0.3 is 29.3 Å². The smallest absolute Gasteiger partial charge is 0.256 e. The van der Waals surface area contributed by atoms with E-state index in [1.807, 2.05) is 13.8 Å². The maximum Gasteiger partial charge on any atom is 0.256 e. The van der Waals surface area contributed by atoms with E-state index < -0.39 is 11.9 Å². The van der Waals surface area contributed by atoms with Crippen LogP contribution in [0.25, 0.3) is 0 Å². The average molecular weight is 543 g/mol. The van der Waals surface area contributed by atoms with Crippen molar-refractivity contribution < 1.29 is 27.8 Å². The molecule has 4 aliphatic rings. The Morgan fingerprint density at radius 2 is 1.85 bits per heavy atom. The molecule has 10 heteroatoms. The molecule has 3 fully saturated rings. The topological polar surface area (TPSA) is 76.2 Å². The summed E-state index contributed by atoms with van der Waals surface area (Å²) < 4.78 is 47.5. The van der Waals surface area contributed by atoms with Crippen molar-refractivity contribution in [3.8, 4) is 0 Å². The SMILES string of the molecule is COC1C[C@H]2CC[C@@H](C1)N2c1cc2c(cc1F)Nc1ncc(F)cc1CN2C(=O)[C@H]1CC[C@H](OC(C)C)CO1. The van der Waals surface area contributed by atoms with Gasteiger partial charge in [0.1, 0.15) is 23.6 Å². The molecule has 1 amide bonds. The van der Waals surface area contributed by atoms with E-state index in [1.54, 1.807) is 18.1 Å². The highest BCUT2D eigenvalue weighted by atomic mass is 19.1. The van der Waals surface area contributed by atoms with Crippen LogP contribution in [0, 0.1) is 11.6 Å². The van der Waals surface area contributed by atoms with E-state index in [4.69, 9.17) is 14.2 Å². The Balaban J connectivity index is 1.35. The first kappa shape index (κ1) is 26.4. The molecule has 3 saturated heterocycles. The molecule has 8 nitrogen and oxygen atoms in total. The first-order valence-electron chi connectivity index (χ1n) is 13.9. The summed E-state index contributed by atoms with van der Waals surface area (Å²) in [6.45, 7) is 4.37. The number of halogens is 2. The van der Waals surface area contributed by atoms with Gasteiger partial charge in [0.2, 0.25) is 0 Å². The van der Waals surface area contributed by atoms with E-state index >= 15 is 4.39 Å². The Morgan fingerprint density at radius 1 is 1.08 bits per heavy atom. The Bertz CT molecular complexity index is 1220. The number of pyridine rings is 1. The van der Waals surface area contributed by atoms with E-state index in [-0.39, 0.29) is 48.7 Å². The van der Waals surface area contributed by atoms with Crippen molar-refractivity contribution in [3.63, 3.8) is 0 Å². The van der Waals surface area contributed by atoms with Crippen LogP contribution >= 0.6 is 0 Å². The van der Waals surface area contributed by atoms with Gasteiger partial charge in [-0.1, -0.05) is 0 Å². The number of ether oxygens (including phenoxy) is 3. The molecule has 2 aromatic rings. The van der Waals surface area contributed by atoms with Crippen molar-refractivity contribution in [1.29, 1.82) is 0 Å². The van der Waals surface area contributed by atoms with Gasteiger partial charge in [-0.25, -0.2) is 13.8 Å². The summed E-state index contributed by atoms with van der Waals surface area (Å²) in [5.41, 5.74) is 1.94. The maximum absolute atomic E-state index is 15.8. The number of rotatable bonds is 5. The molecule has 5 atom stereocenters. The van der Waals surface area contributed by atoms with Crippen molar-refractivity contribution in [3.05, 3.63) is 41.6 Å². The molecule has 0 aliphatic carbocycles. The minimum absolute atomic E-state index is 0.0580. The normalized spacial score (nSPS) is 28.1. The Morgan fingerprint density at radius 3 is 2.51 bits per heavy atom. The molecule has 1 N–H and O–H groups in total. The maximum atomic E-state index is 15.8.